The van der Waals surface area contributed by atoms with E-state index in [0.717, 1.165) is 11.6 Å². The van der Waals surface area contributed by atoms with Crippen LogP contribution in [0.4, 0.5) is 10.1 Å². The minimum absolute atomic E-state index is 0.0311. The number of hydrogen-bond acceptors (Lipinski definition) is 5. The number of nitrogens with zero attached hydrogens (tertiary/aromatic N) is 1. The van der Waals surface area contributed by atoms with Crippen LogP contribution in [0.1, 0.15) is 27.5 Å². The molecule has 0 radical (unpaired) electrons. The third-order valence-electron chi connectivity index (χ3n) is 4.85. The van der Waals surface area contributed by atoms with Crippen LogP contribution in [-0.4, -0.2) is 39.9 Å². The Labute approximate surface area is 185 Å². The van der Waals surface area contributed by atoms with Gasteiger partial charge in [-0.25, -0.2) is 12.8 Å². The van der Waals surface area contributed by atoms with Gasteiger partial charge in [0.05, 0.1) is 10.9 Å². The van der Waals surface area contributed by atoms with Gasteiger partial charge in [-0.3, -0.25) is 9.52 Å². The predicted molar refractivity (Wildman–Crippen MR) is 121 cm³/mol. The van der Waals surface area contributed by atoms with E-state index in [-0.39, 0.29) is 22.4 Å². The SMILES string of the molecule is Cc1cc(S(=O)(=O)Nc2ccc(C(=O)NCC(c3ccsc3)N(C)C)cc2)ccc1F. The summed E-state index contributed by atoms with van der Waals surface area (Å²) in [5, 5.41) is 6.98. The molecule has 0 fully saturated rings. The van der Waals surface area contributed by atoms with Gasteiger partial charge in [0.1, 0.15) is 5.82 Å². The van der Waals surface area contributed by atoms with Crippen LogP contribution >= 0.6 is 11.3 Å². The topological polar surface area (TPSA) is 78.5 Å². The lowest BCUT2D eigenvalue weighted by molar-refractivity contribution is 0.0942. The van der Waals surface area contributed by atoms with E-state index in [2.05, 4.69) is 15.4 Å². The van der Waals surface area contributed by atoms with Crippen molar-refractivity contribution in [2.24, 2.45) is 0 Å². The Morgan fingerprint density at radius 1 is 1.13 bits per heavy atom. The monoisotopic (exact) mass is 461 g/mol. The molecule has 164 valence electrons. The molecule has 1 aromatic heterocycles. The summed E-state index contributed by atoms with van der Waals surface area (Å²) in [5.74, 6) is -0.713. The van der Waals surface area contributed by atoms with Crippen molar-refractivity contribution < 1.29 is 17.6 Å². The predicted octanol–water partition coefficient (Wildman–Crippen LogP) is 4.03. The Balaban J connectivity index is 1.65. The molecule has 0 aliphatic rings. The Hall–Kier alpha value is -2.75. The van der Waals surface area contributed by atoms with Crippen LogP contribution < -0.4 is 10.0 Å². The molecule has 2 aromatic carbocycles. The van der Waals surface area contributed by atoms with Gasteiger partial charge in [-0.15, -0.1) is 0 Å². The highest BCUT2D eigenvalue weighted by atomic mass is 32.2. The molecule has 0 aliphatic carbocycles. The summed E-state index contributed by atoms with van der Waals surface area (Å²) in [4.78, 5) is 14.5. The third-order valence-corrected chi connectivity index (χ3v) is 6.93. The molecule has 3 aromatic rings. The summed E-state index contributed by atoms with van der Waals surface area (Å²) in [6, 6.07) is 11.8. The number of likely N-dealkylation sites (N-methyl/N-ethyl adjacent to an activating group) is 1. The number of aryl methyl sites for hydroxylation is 1. The number of amides is 1. The second-order valence-corrected chi connectivity index (χ2v) is 9.80. The lowest BCUT2D eigenvalue weighted by atomic mass is 10.1. The van der Waals surface area contributed by atoms with Gasteiger partial charge in [-0.1, -0.05) is 0 Å². The minimum Gasteiger partial charge on any atom is -0.350 e. The van der Waals surface area contributed by atoms with Gasteiger partial charge in [0, 0.05) is 17.8 Å². The maximum Gasteiger partial charge on any atom is 0.261 e. The molecule has 1 amide bonds. The number of rotatable bonds is 8. The minimum atomic E-state index is -3.86. The largest absolute Gasteiger partial charge is 0.350 e. The normalized spacial score (nSPS) is 12.5. The van der Waals surface area contributed by atoms with Crippen LogP contribution in [-0.2, 0) is 10.0 Å². The summed E-state index contributed by atoms with van der Waals surface area (Å²) in [7, 11) is 0.0492. The highest BCUT2D eigenvalue weighted by molar-refractivity contribution is 7.92. The van der Waals surface area contributed by atoms with E-state index in [9.17, 15) is 17.6 Å². The van der Waals surface area contributed by atoms with Crippen molar-refractivity contribution in [3.8, 4) is 0 Å². The molecule has 1 unspecified atom stereocenters. The first-order valence-corrected chi connectivity index (χ1v) is 12.0. The smallest absolute Gasteiger partial charge is 0.261 e. The molecule has 1 atom stereocenters. The molecule has 31 heavy (non-hydrogen) atoms. The average Bonchev–Trinajstić information content (AvgIpc) is 3.24. The van der Waals surface area contributed by atoms with E-state index in [1.165, 1.54) is 31.2 Å². The number of carbonyl (C=O) groups excluding carboxylic acids is 1. The van der Waals surface area contributed by atoms with E-state index in [1.54, 1.807) is 23.5 Å². The maximum atomic E-state index is 13.4. The fourth-order valence-corrected chi connectivity index (χ4v) is 4.89. The van der Waals surface area contributed by atoms with Gasteiger partial charge < -0.3 is 10.2 Å². The van der Waals surface area contributed by atoms with Crippen LogP contribution in [0.25, 0.3) is 0 Å². The number of sulfonamides is 1. The standard InChI is InChI=1S/C22H24FN3O3S2/c1-15-12-19(8-9-20(15)23)31(28,29)25-18-6-4-16(5-7-18)22(27)24-13-21(26(2)3)17-10-11-30-14-17/h4-12,14,21,25H,13H2,1-3H3,(H,24,27). The number of hydrogen-bond donors (Lipinski definition) is 2. The average molecular weight is 462 g/mol. The molecule has 9 heteroatoms. The quantitative estimate of drug-likeness (QED) is 0.531. The zero-order valence-electron chi connectivity index (χ0n) is 17.4. The number of anilines is 1. The van der Waals surface area contributed by atoms with Crippen molar-refractivity contribution in [3.63, 3.8) is 0 Å². The first kappa shape index (κ1) is 22.9. The number of thiophene rings is 1. The molecule has 0 aliphatic heterocycles. The van der Waals surface area contributed by atoms with Crippen LogP contribution in [0.3, 0.4) is 0 Å². The summed E-state index contributed by atoms with van der Waals surface area (Å²) in [6.45, 7) is 1.95. The Morgan fingerprint density at radius 2 is 1.84 bits per heavy atom. The molecule has 0 saturated carbocycles. The molecule has 3 rings (SSSR count). The molecular formula is C22H24FN3O3S2. The van der Waals surface area contributed by atoms with Gasteiger partial charge in [0.2, 0.25) is 0 Å². The maximum absolute atomic E-state index is 13.4. The van der Waals surface area contributed by atoms with Crippen LogP contribution in [0.5, 0.6) is 0 Å². The van der Waals surface area contributed by atoms with Crippen LogP contribution in [0.15, 0.2) is 64.2 Å². The van der Waals surface area contributed by atoms with Crippen molar-refractivity contribution in [1.82, 2.24) is 10.2 Å². The highest BCUT2D eigenvalue weighted by Crippen LogP contribution is 2.21. The van der Waals surface area contributed by atoms with Gasteiger partial charge in [0.15, 0.2) is 0 Å². The third kappa shape index (κ3) is 5.69. The Bertz CT molecular complexity index is 1150. The van der Waals surface area contributed by atoms with E-state index >= 15 is 0 Å². The number of nitrogens with one attached hydrogen (secondary N) is 2. The zero-order chi connectivity index (χ0) is 22.6. The van der Waals surface area contributed by atoms with Crippen molar-refractivity contribution in [1.29, 1.82) is 0 Å². The molecular weight excluding hydrogens is 437 g/mol. The molecule has 2 N–H and O–H groups in total. The van der Waals surface area contributed by atoms with Crippen LogP contribution in [0, 0.1) is 12.7 Å². The summed E-state index contributed by atoms with van der Waals surface area (Å²) in [5.41, 5.74) is 2.11. The first-order chi connectivity index (χ1) is 14.7. The van der Waals surface area contributed by atoms with Crippen LogP contribution in [0.2, 0.25) is 0 Å². The van der Waals surface area contributed by atoms with Gasteiger partial charge in [0.25, 0.3) is 15.9 Å². The van der Waals surface area contributed by atoms with Gasteiger partial charge >= 0.3 is 0 Å². The Morgan fingerprint density at radius 3 is 2.42 bits per heavy atom. The lowest BCUT2D eigenvalue weighted by Crippen LogP contribution is -2.34. The molecule has 0 saturated heterocycles. The molecule has 0 spiro atoms. The van der Waals surface area contributed by atoms with Crippen molar-refractivity contribution in [3.05, 3.63) is 81.8 Å². The van der Waals surface area contributed by atoms with E-state index in [4.69, 9.17) is 0 Å². The van der Waals surface area contributed by atoms with Crippen molar-refractivity contribution >= 4 is 33.0 Å². The van der Waals surface area contributed by atoms with E-state index < -0.39 is 15.8 Å². The van der Waals surface area contributed by atoms with E-state index in [1.807, 2.05) is 30.4 Å². The van der Waals surface area contributed by atoms with Crippen molar-refractivity contribution in [2.75, 3.05) is 25.4 Å². The second kappa shape index (κ2) is 9.59. The zero-order valence-corrected chi connectivity index (χ0v) is 19.1. The lowest BCUT2D eigenvalue weighted by Gasteiger charge is -2.24. The summed E-state index contributed by atoms with van der Waals surface area (Å²) >= 11 is 1.61. The first-order valence-electron chi connectivity index (χ1n) is 9.53. The summed E-state index contributed by atoms with van der Waals surface area (Å²) < 4.78 is 40.9. The molecule has 6 nitrogen and oxygen atoms in total. The van der Waals surface area contributed by atoms with Crippen molar-refractivity contribution in [2.45, 2.75) is 17.9 Å². The highest BCUT2D eigenvalue weighted by Gasteiger charge is 2.18. The van der Waals surface area contributed by atoms with E-state index in [0.29, 0.717) is 17.8 Å². The number of carbonyl (C=O) groups is 1. The fourth-order valence-electron chi connectivity index (χ4n) is 3.04. The molecule has 0 bridgehead atoms. The second-order valence-electron chi connectivity index (χ2n) is 7.34. The Kier molecular flexibility index (Phi) is 7.09. The number of benzene rings is 2. The van der Waals surface area contributed by atoms with Gasteiger partial charge in [-0.05, 0) is 91.4 Å². The van der Waals surface area contributed by atoms with Gasteiger partial charge in [-0.2, -0.15) is 11.3 Å². The fraction of sp³-hybridized carbons (Fsp3) is 0.227. The number of halogens is 1. The summed E-state index contributed by atoms with van der Waals surface area (Å²) in [6.07, 6.45) is 0. The molecule has 1 heterocycles.